The molecule has 0 atom stereocenters. The Morgan fingerprint density at radius 3 is 2.68 bits per heavy atom. The number of halogens is 1. The third kappa shape index (κ3) is 6.07. The highest BCUT2D eigenvalue weighted by Gasteiger charge is 2.19. The molecular weight excluding hydrogens is 395 g/mol. The average molecular weight is 422 g/mol. The SMILES string of the molecule is CCCN1CCC(NC(=NC)NCc2noc(C)n2)CC1.I. The summed E-state index contributed by atoms with van der Waals surface area (Å²) in [4.78, 5) is 10.9. The topological polar surface area (TPSA) is 78.6 Å². The molecule has 22 heavy (non-hydrogen) atoms. The Bertz CT molecular complexity index is 456. The molecule has 1 aliphatic heterocycles. The van der Waals surface area contributed by atoms with Crippen LogP contribution in [0.2, 0.25) is 0 Å². The van der Waals surface area contributed by atoms with Crippen molar-refractivity contribution in [3.8, 4) is 0 Å². The first-order chi connectivity index (χ1) is 10.2. The van der Waals surface area contributed by atoms with Crippen LogP contribution >= 0.6 is 24.0 Å². The molecule has 0 bridgehead atoms. The summed E-state index contributed by atoms with van der Waals surface area (Å²) in [5, 5.41) is 10.6. The van der Waals surface area contributed by atoms with E-state index in [0.29, 0.717) is 24.3 Å². The molecule has 1 fully saturated rings. The molecular formula is C14H27IN6O. The largest absolute Gasteiger partial charge is 0.354 e. The van der Waals surface area contributed by atoms with Gasteiger partial charge in [-0.15, -0.1) is 24.0 Å². The van der Waals surface area contributed by atoms with Crippen LogP contribution in [-0.4, -0.2) is 53.7 Å². The van der Waals surface area contributed by atoms with Gasteiger partial charge in [-0.1, -0.05) is 12.1 Å². The van der Waals surface area contributed by atoms with Crippen LogP contribution in [0.3, 0.4) is 0 Å². The number of guanidine groups is 1. The van der Waals surface area contributed by atoms with Crippen LogP contribution < -0.4 is 10.6 Å². The molecule has 0 radical (unpaired) electrons. The van der Waals surface area contributed by atoms with Crippen molar-refractivity contribution in [1.82, 2.24) is 25.7 Å². The van der Waals surface area contributed by atoms with Gasteiger partial charge < -0.3 is 20.1 Å². The van der Waals surface area contributed by atoms with Crippen LogP contribution in [-0.2, 0) is 6.54 Å². The molecule has 0 aliphatic carbocycles. The van der Waals surface area contributed by atoms with Crippen LogP contribution in [0.25, 0.3) is 0 Å². The summed E-state index contributed by atoms with van der Waals surface area (Å²) in [5.74, 6) is 2.03. The van der Waals surface area contributed by atoms with Crippen molar-refractivity contribution in [1.29, 1.82) is 0 Å². The van der Waals surface area contributed by atoms with Gasteiger partial charge in [0.2, 0.25) is 5.89 Å². The normalized spacial score (nSPS) is 17.1. The first-order valence-electron chi connectivity index (χ1n) is 7.70. The van der Waals surface area contributed by atoms with E-state index >= 15 is 0 Å². The van der Waals surface area contributed by atoms with Crippen molar-refractivity contribution in [2.75, 3.05) is 26.7 Å². The minimum atomic E-state index is 0. The van der Waals surface area contributed by atoms with Crippen molar-refractivity contribution < 1.29 is 4.52 Å². The fourth-order valence-corrected chi connectivity index (χ4v) is 2.58. The molecule has 8 heteroatoms. The Morgan fingerprint density at radius 2 is 2.14 bits per heavy atom. The molecule has 0 aromatic carbocycles. The second-order valence-electron chi connectivity index (χ2n) is 5.42. The van der Waals surface area contributed by atoms with Gasteiger partial charge >= 0.3 is 0 Å². The summed E-state index contributed by atoms with van der Waals surface area (Å²) >= 11 is 0. The fourth-order valence-electron chi connectivity index (χ4n) is 2.58. The number of rotatable bonds is 5. The lowest BCUT2D eigenvalue weighted by Gasteiger charge is -2.32. The maximum atomic E-state index is 4.95. The summed E-state index contributed by atoms with van der Waals surface area (Å²) in [6, 6.07) is 0.483. The van der Waals surface area contributed by atoms with Gasteiger partial charge in [-0.05, 0) is 25.8 Å². The molecule has 126 valence electrons. The van der Waals surface area contributed by atoms with Crippen LogP contribution in [0.5, 0.6) is 0 Å². The van der Waals surface area contributed by atoms with Crippen molar-refractivity contribution in [3.05, 3.63) is 11.7 Å². The van der Waals surface area contributed by atoms with Gasteiger partial charge in [-0.25, -0.2) is 0 Å². The first kappa shape index (κ1) is 19.1. The van der Waals surface area contributed by atoms with Crippen LogP contribution in [0.4, 0.5) is 0 Å². The number of hydrogen-bond donors (Lipinski definition) is 2. The third-order valence-corrected chi connectivity index (χ3v) is 3.68. The Hall–Kier alpha value is -0.900. The smallest absolute Gasteiger partial charge is 0.223 e. The minimum Gasteiger partial charge on any atom is -0.354 e. The highest BCUT2D eigenvalue weighted by molar-refractivity contribution is 14.0. The number of nitrogens with one attached hydrogen (secondary N) is 2. The summed E-state index contributed by atoms with van der Waals surface area (Å²) < 4.78 is 4.95. The highest BCUT2D eigenvalue weighted by atomic mass is 127. The van der Waals surface area contributed by atoms with Gasteiger partial charge in [0, 0.05) is 33.1 Å². The Kier molecular flexibility index (Phi) is 8.69. The van der Waals surface area contributed by atoms with Gasteiger partial charge in [0.1, 0.15) is 0 Å². The molecule has 1 saturated heterocycles. The zero-order chi connectivity index (χ0) is 15.1. The van der Waals surface area contributed by atoms with E-state index in [2.05, 4.69) is 37.6 Å². The molecule has 2 rings (SSSR count). The number of aliphatic imine (C=N–C) groups is 1. The number of likely N-dealkylation sites (tertiary alicyclic amines) is 1. The molecule has 1 aliphatic rings. The zero-order valence-electron chi connectivity index (χ0n) is 13.6. The van der Waals surface area contributed by atoms with E-state index < -0.39 is 0 Å². The predicted molar refractivity (Wildman–Crippen MR) is 97.5 cm³/mol. The Morgan fingerprint density at radius 1 is 1.41 bits per heavy atom. The Labute approximate surface area is 149 Å². The number of aryl methyl sites for hydroxylation is 1. The number of aromatic nitrogens is 2. The molecule has 0 saturated carbocycles. The van der Waals surface area contributed by atoms with E-state index in [1.54, 1.807) is 14.0 Å². The highest BCUT2D eigenvalue weighted by Crippen LogP contribution is 2.10. The van der Waals surface area contributed by atoms with E-state index in [1.807, 2.05) is 0 Å². The van der Waals surface area contributed by atoms with Crippen LogP contribution in [0, 0.1) is 6.92 Å². The van der Waals surface area contributed by atoms with Gasteiger partial charge in [-0.3, -0.25) is 4.99 Å². The first-order valence-corrected chi connectivity index (χ1v) is 7.70. The molecule has 0 unspecified atom stereocenters. The number of piperidine rings is 1. The molecule has 1 aromatic heterocycles. The summed E-state index contributed by atoms with van der Waals surface area (Å²) in [6.45, 7) is 8.06. The predicted octanol–water partition coefficient (Wildman–Crippen LogP) is 1.54. The lowest BCUT2D eigenvalue weighted by molar-refractivity contribution is 0.206. The summed E-state index contributed by atoms with van der Waals surface area (Å²) in [5.41, 5.74) is 0. The second kappa shape index (κ2) is 9.98. The summed E-state index contributed by atoms with van der Waals surface area (Å²) in [7, 11) is 1.78. The number of hydrogen-bond acceptors (Lipinski definition) is 5. The van der Waals surface area contributed by atoms with E-state index in [4.69, 9.17) is 4.52 Å². The van der Waals surface area contributed by atoms with Crippen molar-refractivity contribution in [2.45, 2.75) is 45.7 Å². The van der Waals surface area contributed by atoms with Crippen molar-refractivity contribution >= 4 is 29.9 Å². The molecule has 1 aromatic rings. The van der Waals surface area contributed by atoms with Crippen molar-refractivity contribution in [2.24, 2.45) is 4.99 Å². The maximum Gasteiger partial charge on any atom is 0.223 e. The standard InChI is InChI=1S/C14H26N6O.HI/c1-4-7-20-8-5-12(6-9-20)18-14(15-3)16-10-13-17-11(2)21-19-13;/h12H,4-10H2,1-3H3,(H2,15,16,18);1H. The van der Waals surface area contributed by atoms with E-state index in [0.717, 1.165) is 31.9 Å². The van der Waals surface area contributed by atoms with E-state index in [9.17, 15) is 0 Å². The van der Waals surface area contributed by atoms with E-state index in [-0.39, 0.29) is 24.0 Å². The molecule has 0 spiro atoms. The third-order valence-electron chi connectivity index (χ3n) is 3.68. The fraction of sp³-hybridized carbons (Fsp3) is 0.786. The van der Waals surface area contributed by atoms with E-state index in [1.165, 1.54) is 13.0 Å². The zero-order valence-corrected chi connectivity index (χ0v) is 16.0. The number of nitrogens with zero attached hydrogens (tertiary/aromatic N) is 4. The van der Waals surface area contributed by atoms with Gasteiger partial charge in [0.15, 0.2) is 11.8 Å². The average Bonchev–Trinajstić information content (AvgIpc) is 2.91. The monoisotopic (exact) mass is 422 g/mol. The molecule has 0 amide bonds. The minimum absolute atomic E-state index is 0. The van der Waals surface area contributed by atoms with Gasteiger partial charge in [0.25, 0.3) is 0 Å². The van der Waals surface area contributed by atoms with Crippen LogP contribution in [0.1, 0.15) is 37.9 Å². The van der Waals surface area contributed by atoms with Crippen LogP contribution in [0.15, 0.2) is 9.52 Å². The quantitative estimate of drug-likeness (QED) is 0.426. The molecule has 7 nitrogen and oxygen atoms in total. The van der Waals surface area contributed by atoms with Gasteiger partial charge in [-0.2, -0.15) is 4.98 Å². The van der Waals surface area contributed by atoms with Gasteiger partial charge in [0.05, 0.1) is 6.54 Å². The summed E-state index contributed by atoms with van der Waals surface area (Å²) in [6.07, 6.45) is 3.54. The lowest BCUT2D eigenvalue weighted by Crippen LogP contribution is -2.48. The maximum absolute atomic E-state index is 4.95. The Balaban J connectivity index is 0.00000242. The molecule has 2 heterocycles. The second-order valence-corrected chi connectivity index (χ2v) is 5.42. The molecule has 2 N–H and O–H groups in total. The van der Waals surface area contributed by atoms with Crippen molar-refractivity contribution in [3.63, 3.8) is 0 Å². The lowest BCUT2D eigenvalue weighted by atomic mass is 10.1.